The minimum Gasteiger partial charge on any atom is -0.343 e. The topological polar surface area (TPSA) is 74.3 Å². The van der Waals surface area contributed by atoms with Gasteiger partial charge in [-0.1, -0.05) is 6.07 Å². The van der Waals surface area contributed by atoms with Crippen molar-refractivity contribution in [1.29, 1.82) is 5.26 Å². The molecule has 0 radical (unpaired) electrons. The number of rotatable bonds is 2. The maximum absolute atomic E-state index is 12.7. The summed E-state index contributed by atoms with van der Waals surface area (Å²) in [4.78, 5) is 28.3. The van der Waals surface area contributed by atoms with Crippen LogP contribution in [0, 0.1) is 23.8 Å². The normalized spacial score (nSPS) is 27.9. The Morgan fingerprint density at radius 2 is 2.14 bits per heavy atom. The lowest BCUT2D eigenvalue weighted by molar-refractivity contribution is -0.125. The van der Waals surface area contributed by atoms with Gasteiger partial charge < -0.3 is 5.32 Å². The Kier molecular flexibility index (Phi) is 2.81. The van der Waals surface area contributed by atoms with Gasteiger partial charge in [0.25, 0.3) is 0 Å². The van der Waals surface area contributed by atoms with Gasteiger partial charge in [0.1, 0.15) is 5.92 Å². The third kappa shape index (κ3) is 1.90. The number of nitriles is 1. The van der Waals surface area contributed by atoms with Crippen molar-refractivity contribution in [3.63, 3.8) is 0 Å². The predicted octanol–water partition coefficient (Wildman–Crippen LogP) is 2.06. The van der Waals surface area contributed by atoms with E-state index in [1.54, 1.807) is 13.0 Å². The standard InChI is InChI=1S/C16H13N3O2/c1-16(10-4-5-10)14(20)13(15(21)19-16)11-6-3-9(8-17)7-12(11)18-2/h3,6-7,10,13H,4-5H2,1H3,(H,19,21). The van der Waals surface area contributed by atoms with Crippen LogP contribution < -0.4 is 5.32 Å². The molecule has 5 nitrogen and oxygen atoms in total. The minimum absolute atomic E-state index is 0.162. The number of nitrogens with zero attached hydrogens (tertiary/aromatic N) is 2. The Bertz CT molecular complexity index is 737. The second-order valence-electron chi connectivity index (χ2n) is 5.76. The van der Waals surface area contributed by atoms with Crippen LogP contribution in [0.15, 0.2) is 18.2 Å². The Morgan fingerprint density at radius 3 is 2.71 bits per heavy atom. The summed E-state index contributed by atoms with van der Waals surface area (Å²) in [7, 11) is 0. The van der Waals surface area contributed by atoms with Crippen LogP contribution in [0.25, 0.3) is 4.85 Å². The van der Waals surface area contributed by atoms with Gasteiger partial charge in [-0.05, 0) is 43.4 Å². The fraction of sp³-hybridized carbons (Fsp3) is 0.375. The van der Waals surface area contributed by atoms with Crippen molar-refractivity contribution in [1.82, 2.24) is 5.32 Å². The molecule has 3 rings (SSSR count). The number of carbonyl (C=O) groups is 2. The summed E-state index contributed by atoms with van der Waals surface area (Å²) in [5, 5.41) is 11.7. The fourth-order valence-corrected chi connectivity index (χ4v) is 3.01. The van der Waals surface area contributed by atoms with Crippen LogP contribution in [0.5, 0.6) is 0 Å². The molecule has 1 N–H and O–H groups in total. The van der Waals surface area contributed by atoms with Crippen LogP contribution in [0.3, 0.4) is 0 Å². The summed E-state index contributed by atoms with van der Waals surface area (Å²) in [5.41, 5.74) is 0.133. The van der Waals surface area contributed by atoms with Crippen LogP contribution in [0.2, 0.25) is 0 Å². The summed E-state index contributed by atoms with van der Waals surface area (Å²) in [5.74, 6) is -1.24. The maximum Gasteiger partial charge on any atom is 0.234 e. The third-order valence-corrected chi connectivity index (χ3v) is 4.40. The number of hydrogen-bond donors (Lipinski definition) is 1. The Labute approximate surface area is 122 Å². The molecule has 1 aromatic rings. The molecule has 21 heavy (non-hydrogen) atoms. The first kappa shape index (κ1) is 13.3. The van der Waals surface area contributed by atoms with E-state index in [2.05, 4.69) is 10.2 Å². The molecule has 1 saturated carbocycles. The zero-order valence-corrected chi connectivity index (χ0v) is 11.5. The first-order chi connectivity index (χ1) is 10.0. The molecule has 0 spiro atoms. The SMILES string of the molecule is [C-]#[N+]c1cc(C#N)ccc1C1C(=O)NC(C)(C2CC2)C1=O. The van der Waals surface area contributed by atoms with Crippen LogP contribution in [-0.2, 0) is 9.59 Å². The quantitative estimate of drug-likeness (QED) is 0.665. The number of amides is 1. The van der Waals surface area contributed by atoms with Crippen LogP contribution >= 0.6 is 0 Å². The van der Waals surface area contributed by atoms with E-state index in [0.29, 0.717) is 11.1 Å². The van der Waals surface area contributed by atoms with Gasteiger partial charge in [0.15, 0.2) is 11.5 Å². The average Bonchev–Trinajstić information content (AvgIpc) is 3.29. The summed E-state index contributed by atoms with van der Waals surface area (Å²) in [6.45, 7) is 8.99. The Hall–Kier alpha value is -2.66. The van der Waals surface area contributed by atoms with Gasteiger partial charge >= 0.3 is 0 Å². The summed E-state index contributed by atoms with van der Waals surface area (Å²) < 4.78 is 0. The van der Waals surface area contributed by atoms with Crippen molar-refractivity contribution in [3.8, 4) is 6.07 Å². The van der Waals surface area contributed by atoms with Gasteiger partial charge in [-0.2, -0.15) is 5.26 Å². The van der Waals surface area contributed by atoms with E-state index in [-0.39, 0.29) is 23.3 Å². The molecule has 2 aliphatic rings. The number of ketones is 1. The van der Waals surface area contributed by atoms with Gasteiger partial charge in [0, 0.05) is 5.56 Å². The number of benzene rings is 1. The Balaban J connectivity index is 2.05. The molecule has 1 saturated heterocycles. The van der Waals surface area contributed by atoms with Crippen molar-refractivity contribution >= 4 is 17.4 Å². The zero-order chi connectivity index (χ0) is 15.2. The van der Waals surface area contributed by atoms with Gasteiger partial charge in [-0.25, -0.2) is 4.85 Å². The first-order valence-corrected chi connectivity index (χ1v) is 6.79. The monoisotopic (exact) mass is 279 g/mol. The van der Waals surface area contributed by atoms with E-state index in [1.807, 2.05) is 6.07 Å². The van der Waals surface area contributed by atoms with Gasteiger partial charge in [0.2, 0.25) is 5.91 Å². The molecule has 1 aliphatic heterocycles. The zero-order valence-electron chi connectivity index (χ0n) is 11.5. The van der Waals surface area contributed by atoms with E-state index < -0.39 is 11.5 Å². The second kappa shape index (κ2) is 4.43. The number of hydrogen-bond acceptors (Lipinski definition) is 3. The largest absolute Gasteiger partial charge is 0.343 e. The molecule has 2 atom stereocenters. The Morgan fingerprint density at radius 1 is 1.43 bits per heavy atom. The lowest BCUT2D eigenvalue weighted by atomic mass is 9.84. The molecule has 0 bridgehead atoms. The van der Waals surface area contributed by atoms with Crippen molar-refractivity contribution in [2.45, 2.75) is 31.2 Å². The smallest absolute Gasteiger partial charge is 0.234 e. The van der Waals surface area contributed by atoms with Crippen molar-refractivity contribution in [3.05, 3.63) is 40.7 Å². The summed E-state index contributed by atoms with van der Waals surface area (Å²) in [6.07, 6.45) is 1.89. The third-order valence-electron chi connectivity index (χ3n) is 4.40. The van der Waals surface area contributed by atoms with E-state index in [4.69, 9.17) is 11.8 Å². The van der Waals surface area contributed by atoms with Crippen LogP contribution in [0.1, 0.15) is 36.8 Å². The minimum atomic E-state index is -0.938. The lowest BCUT2D eigenvalue weighted by Gasteiger charge is -2.21. The highest BCUT2D eigenvalue weighted by atomic mass is 16.2. The lowest BCUT2D eigenvalue weighted by Crippen LogP contribution is -2.45. The van der Waals surface area contributed by atoms with Crippen LogP contribution in [-0.4, -0.2) is 17.2 Å². The molecule has 1 heterocycles. The maximum atomic E-state index is 12.7. The van der Waals surface area contributed by atoms with Crippen molar-refractivity contribution in [2.75, 3.05) is 0 Å². The fourth-order valence-electron chi connectivity index (χ4n) is 3.01. The highest BCUT2D eigenvalue weighted by Crippen LogP contribution is 2.46. The van der Waals surface area contributed by atoms with Crippen LogP contribution in [0.4, 0.5) is 5.69 Å². The molecule has 1 amide bonds. The molecule has 5 heteroatoms. The molecular weight excluding hydrogens is 266 g/mol. The molecule has 2 fully saturated rings. The van der Waals surface area contributed by atoms with Gasteiger partial charge in [-0.15, -0.1) is 0 Å². The van der Waals surface area contributed by atoms with Crippen molar-refractivity contribution < 1.29 is 9.59 Å². The highest BCUT2D eigenvalue weighted by molar-refractivity contribution is 6.18. The number of Topliss-reactive ketones (excluding diaryl/α,β-unsaturated/α-hetero) is 1. The van der Waals surface area contributed by atoms with E-state index in [1.165, 1.54) is 12.1 Å². The molecule has 104 valence electrons. The molecule has 2 unspecified atom stereocenters. The first-order valence-electron chi connectivity index (χ1n) is 6.79. The van der Waals surface area contributed by atoms with Crippen molar-refractivity contribution in [2.24, 2.45) is 5.92 Å². The molecule has 1 aliphatic carbocycles. The summed E-state index contributed by atoms with van der Waals surface area (Å²) in [6, 6.07) is 6.47. The average molecular weight is 279 g/mol. The number of carbonyl (C=O) groups excluding carboxylic acids is 2. The second-order valence-corrected chi connectivity index (χ2v) is 5.76. The predicted molar refractivity (Wildman–Crippen MR) is 74.4 cm³/mol. The number of nitrogens with one attached hydrogen (secondary N) is 1. The van der Waals surface area contributed by atoms with E-state index >= 15 is 0 Å². The van der Waals surface area contributed by atoms with E-state index in [9.17, 15) is 9.59 Å². The molecule has 0 aromatic heterocycles. The highest BCUT2D eigenvalue weighted by Gasteiger charge is 2.57. The van der Waals surface area contributed by atoms with Gasteiger partial charge in [-0.3, -0.25) is 9.59 Å². The summed E-state index contributed by atoms with van der Waals surface area (Å²) >= 11 is 0. The molecular formula is C16H13N3O2. The molecule has 1 aromatic carbocycles. The van der Waals surface area contributed by atoms with Gasteiger partial charge in [0.05, 0.1) is 18.2 Å². The van der Waals surface area contributed by atoms with E-state index in [0.717, 1.165) is 12.8 Å².